The molecule has 0 bridgehead atoms. The number of alkyl halides is 3. The maximum Gasteiger partial charge on any atom is 0.389 e. The number of rotatable bonds is 5. The topological polar surface area (TPSA) is 65.3 Å². The lowest BCUT2D eigenvalue weighted by Crippen LogP contribution is -2.10. The Bertz CT molecular complexity index is 440. The molecule has 0 fully saturated rings. The molecule has 0 saturated carbocycles. The van der Waals surface area contributed by atoms with Crippen molar-refractivity contribution in [3.05, 3.63) is 27.4 Å². The largest absolute Gasteiger partial charge is 0.477 e. The molecule has 18 heavy (non-hydrogen) atoms. The summed E-state index contributed by atoms with van der Waals surface area (Å²) in [5.74, 6) is -0.170. The molecule has 0 N–H and O–H groups in total. The molecule has 1 aromatic heterocycles. The standard InChI is InChI=1S/C9H8ClF3N2O3/c10-7-4-6(15(16)17)5-8(14-7)18-3-1-2-9(11,12)13/h4-5H,1-3H2. The second-order valence-electron chi connectivity index (χ2n) is 3.31. The van der Waals surface area contributed by atoms with Crippen molar-refractivity contribution in [1.82, 2.24) is 4.98 Å². The molecule has 0 atom stereocenters. The molecule has 1 heterocycles. The number of halogens is 4. The number of ether oxygens (including phenoxy) is 1. The summed E-state index contributed by atoms with van der Waals surface area (Å²) in [7, 11) is 0. The first-order chi connectivity index (χ1) is 8.28. The van der Waals surface area contributed by atoms with Crippen LogP contribution in [-0.2, 0) is 0 Å². The van der Waals surface area contributed by atoms with E-state index in [0.717, 1.165) is 12.1 Å². The van der Waals surface area contributed by atoms with Crippen molar-refractivity contribution < 1.29 is 22.8 Å². The third kappa shape index (κ3) is 5.17. The molecule has 1 aromatic rings. The summed E-state index contributed by atoms with van der Waals surface area (Å²) in [6, 6.07) is 2.02. The number of hydrogen-bond donors (Lipinski definition) is 0. The molecule has 0 amide bonds. The normalized spacial score (nSPS) is 11.3. The fraction of sp³-hybridized carbons (Fsp3) is 0.444. The first kappa shape index (κ1) is 14.5. The van der Waals surface area contributed by atoms with Crippen LogP contribution in [-0.4, -0.2) is 22.7 Å². The van der Waals surface area contributed by atoms with Gasteiger partial charge in [0.2, 0.25) is 5.88 Å². The fourth-order valence-corrected chi connectivity index (χ4v) is 1.28. The highest BCUT2D eigenvalue weighted by atomic mass is 35.5. The highest BCUT2D eigenvalue weighted by Crippen LogP contribution is 2.24. The van der Waals surface area contributed by atoms with Gasteiger partial charge in [0.05, 0.1) is 23.7 Å². The van der Waals surface area contributed by atoms with Gasteiger partial charge in [-0.1, -0.05) is 11.6 Å². The van der Waals surface area contributed by atoms with Gasteiger partial charge in [-0.15, -0.1) is 0 Å². The highest BCUT2D eigenvalue weighted by Gasteiger charge is 2.26. The number of aromatic nitrogens is 1. The smallest absolute Gasteiger partial charge is 0.389 e. The molecular formula is C9H8ClF3N2O3. The Balaban J connectivity index is 2.55. The van der Waals surface area contributed by atoms with E-state index in [1.807, 2.05) is 0 Å². The van der Waals surface area contributed by atoms with Gasteiger partial charge >= 0.3 is 6.18 Å². The molecule has 9 heteroatoms. The average molecular weight is 285 g/mol. The summed E-state index contributed by atoms with van der Waals surface area (Å²) >= 11 is 5.50. The van der Waals surface area contributed by atoms with Gasteiger partial charge in [-0.05, 0) is 6.42 Å². The van der Waals surface area contributed by atoms with Crippen molar-refractivity contribution in [3.63, 3.8) is 0 Å². The van der Waals surface area contributed by atoms with Crippen LogP contribution in [0.15, 0.2) is 12.1 Å². The molecule has 0 aliphatic carbocycles. The number of pyridine rings is 1. The first-order valence-electron chi connectivity index (χ1n) is 4.79. The lowest BCUT2D eigenvalue weighted by Gasteiger charge is -2.07. The van der Waals surface area contributed by atoms with Crippen molar-refractivity contribution in [2.75, 3.05) is 6.61 Å². The Morgan fingerprint density at radius 2 is 2.11 bits per heavy atom. The van der Waals surface area contributed by atoms with Crippen LogP contribution >= 0.6 is 11.6 Å². The Morgan fingerprint density at radius 3 is 2.67 bits per heavy atom. The second-order valence-corrected chi connectivity index (χ2v) is 3.70. The molecule has 5 nitrogen and oxygen atoms in total. The summed E-state index contributed by atoms with van der Waals surface area (Å²) in [5.41, 5.74) is -0.333. The van der Waals surface area contributed by atoms with Gasteiger partial charge < -0.3 is 4.74 Å². The minimum Gasteiger partial charge on any atom is -0.477 e. The third-order valence-corrected chi connectivity index (χ3v) is 2.01. The van der Waals surface area contributed by atoms with Gasteiger partial charge in [0, 0.05) is 6.42 Å². The third-order valence-electron chi connectivity index (χ3n) is 1.82. The molecule has 1 rings (SSSR count). The van der Waals surface area contributed by atoms with E-state index in [9.17, 15) is 23.3 Å². The summed E-state index contributed by atoms with van der Waals surface area (Å²) in [5, 5.41) is 10.3. The zero-order valence-corrected chi connectivity index (χ0v) is 9.66. The van der Waals surface area contributed by atoms with Gasteiger partial charge in [-0.3, -0.25) is 10.1 Å². The van der Waals surface area contributed by atoms with Crippen LogP contribution in [0, 0.1) is 10.1 Å². The Kier molecular flexibility index (Phi) is 4.71. The zero-order valence-electron chi connectivity index (χ0n) is 8.91. The van der Waals surface area contributed by atoms with E-state index in [0.29, 0.717) is 0 Å². The van der Waals surface area contributed by atoms with E-state index in [1.165, 1.54) is 0 Å². The van der Waals surface area contributed by atoms with Gasteiger partial charge in [0.1, 0.15) is 5.15 Å². The van der Waals surface area contributed by atoms with Crippen molar-refractivity contribution in [2.45, 2.75) is 19.0 Å². The van der Waals surface area contributed by atoms with E-state index in [-0.39, 0.29) is 29.7 Å². The molecule has 0 radical (unpaired) electrons. The van der Waals surface area contributed by atoms with Crippen molar-refractivity contribution >= 4 is 17.3 Å². The molecule has 100 valence electrons. The predicted octanol–water partition coefficient (Wildman–Crippen LogP) is 3.36. The number of nitrogens with zero attached hydrogens (tertiary/aromatic N) is 2. The molecule has 0 unspecified atom stereocenters. The van der Waals surface area contributed by atoms with Gasteiger partial charge in [-0.25, -0.2) is 4.98 Å². The molecule has 0 aliphatic rings. The summed E-state index contributed by atoms with van der Waals surface area (Å²) in [6.45, 7) is -0.246. The van der Waals surface area contributed by atoms with Crippen LogP contribution in [0.25, 0.3) is 0 Å². The van der Waals surface area contributed by atoms with Crippen LogP contribution < -0.4 is 4.74 Å². The first-order valence-corrected chi connectivity index (χ1v) is 5.17. The molecule has 0 aromatic carbocycles. The second kappa shape index (κ2) is 5.85. The average Bonchev–Trinajstić information content (AvgIpc) is 2.22. The van der Waals surface area contributed by atoms with E-state index < -0.39 is 17.5 Å². The number of nitro groups is 1. The summed E-state index contributed by atoms with van der Waals surface area (Å²) < 4.78 is 40.4. The minimum absolute atomic E-state index is 0.157. The zero-order chi connectivity index (χ0) is 13.8. The Labute approximate surface area is 105 Å². The van der Waals surface area contributed by atoms with E-state index in [4.69, 9.17) is 16.3 Å². The quantitative estimate of drug-likeness (QED) is 0.360. The predicted molar refractivity (Wildman–Crippen MR) is 56.7 cm³/mol. The molecule has 0 spiro atoms. The van der Waals surface area contributed by atoms with Crippen LogP contribution in [0.2, 0.25) is 5.15 Å². The van der Waals surface area contributed by atoms with Gasteiger partial charge in [-0.2, -0.15) is 13.2 Å². The fourth-order valence-electron chi connectivity index (χ4n) is 1.09. The summed E-state index contributed by atoms with van der Waals surface area (Å²) in [6.07, 6.45) is -5.50. The maximum atomic E-state index is 11.8. The lowest BCUT2D eigenvalue weighted by atomic mass is 10.3. The Hall–Kier alpha value is -1.57. The maximum absolute atomic E-state index is 11.8. The molecule has 0 saturated heterocycles. The van der Waals surface area contributed by atoms with Gasteiger partial charge in [0.15, 0.2) is 0 Å². The SMILES string of the molecule is O=[N+]([O-])c1cc(Cl)nc(OCCCC(F)(F)F)c1. The highest BCUT2D eigenvalue weighted by molar-refractivity contribution is 6.29. The van der Waals surface area contributed by atoms with Gasteiger partial charge in [0.25, 0.3) is 5.69 Å². The van der Waals surface area contributed by atoms with Crippen LogP contribution in [0.3, 0.4) is 0 Å². The van der Waals surface area contributed by atoms with Crippen molar-refractivity contribution in [1.29, 1.82) is 0 Å². The molecule has 0 aliphatic heterocycles. The molecular weight excluding hydrogens is 277 g/mol. The lowest BCUT2D eigenvalue weighted by molar-refractivity contribution is -0.385. The van der Waals surface area contributed by atoms with E-state index >= 15 is 0 Å². The van der Waals surface area contributed by atoms with Crippen LogP contribution in [0.5, 0.6) is 5.88 Å². The van der Waals surface area contributed by atoms with Crippen molar-refractivity contribution in [2.24, 2.45) is 0 Å². The summed E-state index contributed by atoms with van der Waals surface area (Å²) in [4.78, 5) is 13.4. The van der Waals surface area contributed by atoms with E-state index in [2.05, 4.69) is 4.98 Å². The number of hydrogen-bond acceptors (Lipinski definition) is 4. The minimum atomic E-state index is -4.25. The monoisotopic (exact) mass is 284 g/mol. The Morgan fingerprint density at radius 1 is 1.44 bits per heavy atom. The van der Waals surface area contributed by atoms with Crippen molar-refractivity contribution in [3.8, 4) is 5.88 Å². The van der Waals surface area contributed by atoms with Crippen LogP contribution in [0.4, 0.5) is 18.9 Å². The van der Waals surface area contributed by atoms with E-state index in [1.54, 1.807) is 0 Å². The van der Waals surface area contributed by atoms with Crippen LogP contribution in [0.1, 0.15) is 12.8 Å².